The molecular weight excluding hydrogens is 548 g/mol. The minimum atomic E-state index is -0.541. The monoisotopic (exact) mass is 582 g/mol. The number of esters is 1. The highest BCUT2D eigenvalue weighted by Gasteiger charge is 2.35. The van der Waals surface area contributed by atoms with E-state index in [-0.39, 0.29) is 11.3 Å². The summed E-state index contributed by atoms with van der Waals surface area (Å²) in [4.78, 5) is 31.7. The number of methoxy groups -OCH3 is 1. The molecule has 0 unspecified atom stereocenters. The average Bonchev–Trinajstić information content (AvgIpc) is 2.97. The fraction of sp³-hybridized carbons (Fsp3) is 0.286. The third kappa shape index (κ3) is 6.19. The summed E-state index contributed by atoms with van der Waals surface area (Å²) >= 11 is 6.20. The third-order valence-corrected chi connectivity index (χ3v) is 8.39. The van der Waals surface area contributed by atoms with Gasteiger partial charge in [0, 0.05) is 16.1 Å². The molecule has 1 aliphatic rings. The number of amides is 1. The molecule has 1 heterocycles. The summed E-state index contributed by atoms with van der Waals surface area (Å²) in [6.07, 6.45) is 3.65. The molecule has 7 heteroatoms. The van der Waals surface area contributed by atoms with Crippen molar-refractivity contribution in [3.05, 3.63) is 99.7 Å². The van der Waals surface area contributed by atoms with Gasteiger partial charge in [-0.05, 0) is 89.8 Å². The molecule has 4 aromatic rings. The van der Waals surface area contributed by atoms with Crippen molar-refractivity contribution in [3.63, 3.8) is 0 Å². The normalized spacial score (nSPS) is 15.8. The van der Waals surface area contributed by atoms with E-state index in [2.05, 4.69) is 32.2 Å². The Hall–Kier alpha value is -4.16. The smallest absolute Gasteiger partial charge is 0.339 e. The van der Waals surface area contributed by atoms with E-state index >= 15 is 0 Å². The highest BCUT2D eigenvalue weighted by Crippen LogP contribution is 2.45. The summed E-state index contributed by atoms with van der Waals surface area (Å²) in [7, 11) is 1.65. The van der Waals surface area contributed by atoms with Crippen LogP contribution in [0.2, 0.25) is 5.02 Å². The molecule has 3 aromatic carbocycles. The van der Waals surface area contributed by atoms with Gasteiger partial charge in [-0.15, -0.1) is 0 Å². The molecule has 1 atom stereocenters. The van der Waals surface area contributed by atoms with Gasteiger partial charge in [-0.2, -0.15) is 0 Å². The largest absolute Gasteiger partial charge is 0.497 e. The Balaban J connectivity index is 1.53. The lowest BCUT2D eigenvalue weighted by molar-refractivity contribution is -0.119. The second-order valence-corrected chi connectivity index (χ2v) is 12.2. The van der Waals surface area contributed by atoms with E-state index in [1.165, 1.54) is 0 Å². The van der Waals surface area contributed by atoms with Gasteiger partial charge in [0.05, 0.1) is 23.9 Å². The Labute approximate surface area is 251 Å². The molecule has 0 saturated heterocycles. The Morgan fingerprint density at radius 3 is 2.48 bits per heavy atom. The number of nitrogens with zero attached hydrogens (tertiary/aromatic N) is 1. The van der Waals surface area contributed by atoms with Crippen LogP contribution in [-0.4, -0.2) is 30.6 Å². The lowest BCUT2D eigenvalue weighted by Crippen LogP contribution is -2.29. The van der Waals surface area contributed by atoms with Crippen LogP contribution in [0.15, 0.2) is 66.7 Å². The number of carbonyl (C=O) groups excluding carboxylic acids is 2. The van der Waals surface area contributed by atoms with E-state index < -0.39 is 18.5 Å². The number of anilines is 1. The molecule has 0 radical (unpaired) electrons. The van der Waals surface area contributed by atoms with Crippen molar-refractivity contribution < 1.29 is 19.1 Å². The van der Waals surface area contributed by atoms with E-state index in [1.807, 2.05) is 55.5 Å². The fourth-order valence-corrected chi connectivity index (χ4v) is 5.58. The molecule has 0 aliphatic heterocycles. The Kier molecular flexibility index (Phi) is 8.37. The maximum Gasteiger partial charge on any atom is 0.339 e. The SMILES string of the molecule is COc1ccc(/C=C2/C[C@@H](C(C)(C)C)Cc3c2nc2ccccc2c3C(=O)OCC(=O)Nc2cccc(Cl)c2C)cc1. The van der Waals surface area contributed by atoms with Crippen LogP contribution < -0.4 is 10.1 Å². The molecule has 1 aromatic heterocycles. The first-order valence-electron chi connectivity index (χ1n) is 14.0. The number of hydrogen-bond donors (Lipinski definition) is 1. The van der Waals surface area contributed by atoms with Crippen molar-refractivity contribution in [2.24, 2.45) is 11.3 Å². The summed E-state index contributed by atoms with van der Waals surface area (Å²) in [6.45, 7) is 8.07. The summed E-state index contributed by atoms with van der Waals surface area (Å²) < 4.78 is 11.0. The molecule has 1 aliphatic carbocycles. The first-order valence-corrected chi connectivity index (χ1v) is 14.4. The number of ether oxygens (including phenoxy) is 2. The van der Waals surface area contributed by atoms with Gasteiger partial charge in [-0.25, -0.2) is 9.78 Å². The van der Waals surface area contributed by atoms with E-state index in [0.29, 0.717) is 33.6 Å². The molecule has 0 saturated carbocycles. The number of pyridine rings is 1. The minimum Gasteiger partial charge on any atom is -0.497 e. The van der Waals surface area contributed by atoms with Gasteiger partial charge in [0.15, 0.2) is 6.61 Å². The summed E-state index contributed by atoms with van der Waals surface area (Å²) in [5, 5.41) is 4.06. The number of halogens is 1. The van der Waals surface area contributed by atoms with Gasteiger partial charge >= 0.3 is 5.97 Å². The van der Waals surface area contributed by atoms with Crippen LogP contribution in [0.1, 0.15) is 59.9 Å². The first kappa shape index (κ1) is 29.3. The van der Waals surface area contributed by atoms with Crippen molar-refractivity contribution >= 4 is 51.7 Å². The van der Waals surface area contributed by atoms with Crippen LogP contribution in [0.25, 0.3) is 22.6 Å². The molecule has 1 N–H and O–H groups in total. The quantitative estimate of drug-likeness (QED) is 0.232. The Morgan fingerprint density at radius 1 is 1.02 bits per heavy atom. The first-order chi connectivity index (χ1) is 20.0. The second kappa shape index (κ2) is 12.0. The summed E-state index contributed by atoms with van der Waals surface area (Å²) in [5.74, 6) is 0.0744. The van der Waals surface area contributed by atoms with Crippen molar-refractivity contribution in [1.82, 2.24) is 4.98 Å². The fourth-order valence-electron chi connectivity index (χ4n) is 5.40. The zero-order chi connectivity index (χ0) is 30.0. The number of aromatic nitrogens is 1. The van der Waals surface area contributed by atoms with Crippen LogP contribution in [0.5, 0.6) is 5.75 Å². The predicted octanol–water partition coefficient (Wildman–Crippen LogP) is 8.15. The second-order valence-electron chi connectivity index (χ2n) is 11.8. The zero-order valence-corrected chi connectivity index (χ0v) is 25.3. The number of para-hydroxylation sites is 1. The zero-order valence-electron chi connectivity index (χ0n) is 24.6. The maximum atomic E-state index is 13.8. The molecule has 216 valence electrons. The lowest BCUT2D eigenvalue weighted by Gasteiger charge is -2.36. The molecule has 1 amide bonds. The van der Waals surface area contributed by atoms with E-state index in [9.17, 15) is 9.59 Å². The Morgan fingerprint density at radius 2 is 1.76 bits per heavy atom. The number of benzene rings is 3. The minimum absolute atomic E-state index is 0.0157. The third-order valence-electron chi connectivity index (χ3n) is 7.98. The lowest BCUT2D eigenvalue weighted by atomic mass is 9.69. The molecule has 5 rings (SSSR count). The van der Waals surface area contributed by atoms with Crippen LogP contribution >= 0.6 is 11.6 Å². The van der Waals surface area contributed by atoms with Gasteiger partial charge < -0.3 is 14.8 Å². The number of allylic oxidation sites excluding steroid dienone is 1. The van der Waals surface area contributed by atoms with E-state index in [4.69, 9.17) is 26.1 Å². The van der Waals surface area contributed by atoms with Crippen molar-refractivity contribution in [2.75, 3.05) is 19.0 Å². The van der Waals surface area contributed by atoms with Crippen molar-refractivity contribution in [2.45, 2.75) is 40.5 Å². The van der Waals surface area contributed by atoms with E-state index in [0.717, 1.165) is 40.1 Å². The number of hydrogen-bond acceptors (Lipinski definition) is 5. The highest BCUT2D eigenvalue weighted by molar-refractivity contribution is 6.31. The summed E-state index contributed by atoms with van der Waals surface area (Å²) in [5.41, 5.74) is 6.24. The number of carbonyl (C=O) groups is 2. The van der Waals surface area contributed by atoms with Gasteiger partial charge in [0.25, 0.3) is 5.91 Å². The number of rotatable bonds is 6. The average molecular weight is 583 g/mol. The molecule has 42 heavy (non-hydrogen) atoms. The van der Waals surface area contributed by atoms with Crippen molar-refractivity contribution in [3.8, 4) is 5.75 Å². The maximum absolute atomic E-state index is 13.8. The summed E-state index contributed by atoms with van der Waals surface area (Å²) in [6, 6.07) is 20.8. The predicted molar refractivity (Wildman–Crippen MR) is 169 cm³/mol. The van der Waals surface area contributed by atoms with Gasteiger partial charge in [-0.3, -0.25) is 4.79 Å². The van der Waals surface area contributed by atoms with Gasteiger partial charge in [0.1, 0.15) is 5.75 Å². The molecule has 0 fully saturated rings. The van der Waals surface area contributed by atoms with Crippen LogP contribution in [0.4, 0.5) is 5.69 Å². The van der Waals surface area contributed by atoms with Crippen LogP contribution in [0.3, 0.4) is 0 Å². The molecular formula is C35H35ClN2O4. The van der Waals surface area contributed by atoms with Crippen LogP contribution in [-0.2, 0) is 16.0 Å². The van der Waals surface area contributed by atoms with Gasteiger partial charge in [0.2, 0.25) is 0 Å². The molecule has 0 bridgehead atoms. The number of fused-ring (bicyclic) bond motifs is 2. The number of nitrogens with one attached hydrogen (secondary N) is 1. The molecule has 6 nitrogen and oxygen atoms in total. The topological polar surface area (TPSA) is 77.5 Å². The Bertz CT molecular complexity index is 1690. The van der Waals surface area contributed by atoms with Gasteiger partial charge in [-0.1, -0.05) is 68.8 Å². The van der Waals surface area contributed by atoms with Crippen molar-refractivity contribution in [1.29, 1.82) is 0 Å². The van der Waals surface area contributed by atoms with E-state index in [1.54, 1.807) is 25.3 Å². The standard InChI is InChI=1S/C35H35ClN2O4/c1-21-28(36)10-8-12-29(21)37-31(39)20-42-34(40)32-26-9-6-7-11-30(26)38-33-23(17-22-13-15-25(41-5)16-14-22)18-24(19-27(32)33)35(2,3)4/h6-17,24H,18-20H2,1-5H3,(H,37,39)/b23-17-/t24-/m1/s1. The highest BCUT2D eigenvalue weighted by atomic mass is 35.5. The molecule has 0 spiro atoms. The van der Waals surface area contributed by atoms with Crippen LogP contribution in [0, 0.1) is 18.3 Å².